The molecule has 2 aromatic rings. The van der Waals surface area contributed by atoms with Gasteiger partial charge in [-0.1, -0.05) is 6.42 Å². The lowest BCUT2D eigenvalue weighted by molar-refractivity contribution is 0.107. The standard InChI is InChI=1S/C20H26FN3/c21-18-4-6-19(7-5-18)24-13-9-17(15-24)16-8-10-22-20(14-16)23-11-2-1-3-12-23/h4-7,9,13,15-16,20,22H,1-3,8,10-12,14H2/t16?,20-/m1/s1. The molecular weight excluding hydrogens is 301 g/mol. The third-order valence-corrected chi connectivity index (χ3v) is 5.52. The maximum absolute atomic E-state index is 13.1. The van der Waals surface area contributed by atoms with Crippen molar-refractivity contribution in [1.82, 2.24) is 14.8 Å². The van der Waals surface area contributed by atoms with Crippen LogP contribution in [0.1, 0.15) is 43.6 Å². The lowest BCUT2D eigenvalue weighted by Crippen LogP contribution is -2.51. The van der Waals surface area contributed by atoms with Crippen LogP contribution in [0.25, 0.3) is 5.69 Å². The smallest absolute Gasteiger partial charge is 0.123 e. The summed E-state index contributed by atoms with van der Waals surface area (Å²) in [5.74, 6) is 0.425. The summed E-state index contributed by atoms with van der Waals surface area (Å²) in [6.07, 6.45) is 11.3. The number of nitrogens with one attached hydrogen (secondary N) is 1. The van der Waals surface area contributed by atoms with Crippen LogP contribution in [-0.4, -0.2) is 35.3 Å². The molecule has 4 rings (SSSR count). The van der Waals surface area contributed by atoms with Crippen molar-refractivity contribution in [2.75, 3.05) is 19.6 Å². The van der Waals surface area contributed by atoms with Gasteiger partial charge in [0.25, 0.3) is 0 Å². The quantitative estimate of drug-likeness (QED) is 0.923. The number of likely N-dealkylation sites (tertiary alicyclic amines) is 1. The van der Waals surface area contributed by atoms with Gasteiger partial charge in [0.2, 0.25) is 0 Å². The normalized spacial score (nSPS) is 25.7. The fourth-order valence-corrected chi connectivity index (χ4v) is 4.13. The second-order valence-corrected chi connectivity index (χ2v) is 7.12. The van der Waals surface area contributed by atoms with Gasteiger partial charge in [-0.2, -0.15) is 0 Å². The van der Waals surface area contributed by atoms with E-state index in [0.717, 1.165) is 12.2 Å². The monoisotopic (exact) mass is 327 g/mol. The molecule has 4 heteroatoms. The molecule has 1 N–H and O–H groups in total. The van der Waals surface area contributed by atoms with Crippen LogP contribution in [0.5, 0.6) is 0 Å². The Hall–Kier alpha value is -1.65. The molecule has 1 aromatic heterocycles. The van der Waals surface area contributed by atoms with E-state index in [2.05, 4.69) is 33.2 Å². The molecule has 3 nitrogen and oxygen atoms in total. The summed E-state index contributed by atoms with van der Waals surface area (Å²) in [4.78, 5) is 2.63. The third-order valence-electron chi connectivity index (χ3n) is 5.52. The number of hydrogen-bond donors (Lipinski definition) is 1. The van der Waals surface area contributed by atoms with E-state index >= 15 is 0 Å². The Balaban J connectivity index is 1.46. The second-order valence-electron chi connectivity index (χ2n) is 7.12. The minimum Gasteiger partial charge on any atom is -0.324 e. The van der Waals surface area contributed by atoms with Gasteiger partial charge < -0.3 is 9.88 Å². The minimum atomic E-state index is -0.186. The molecule has 2 aliphatic heterocycles. The topological polar surface area (TPSA) is 20.2 Å². The molecule has 3 heterocycles. The van der Waals surface area contributed by atoms with E-state index in [1.54, 1.807) is 0 Å². The maximum Gasteiger partial charge on any atom is 0.123 e. The zero-order chi connectivity index (χ0) is 16.4. The first-order chi connectivity index (χ1) is 11.8. The van der Waals surface area contributed by atoms with Gasteiger partial charge in [0.15, 0.2) is 0 Å². The Labute approximate surface area is 143 Å². The molecule has 0 spiro atoms. The predicted molar refractivity (Wildman–Crippen MR) is 94.9 cm³/mol. The van der Waals surface area contributed by atoms with Crippen LogP contribution in [0.2, 0.25) is 0 Å². The zero-order valence-corrected chi connectivity index (χ0v) is 14.1. The van der Waals surface area contributed by atoms with Crippen LogP contribution in [0.4, 0.5) is 4.39 Å². The Morgan fingerprint density at radius 1 is 1.00 bits per heavy atom. The van der Waals surface area contributed by atoms with Crippen molar-refractivity contribution in [3.63, 3.8) is 0 Å². The van der Waals surface area contributed by atoms with E-state index < -0.39 is 0 Å². The number of aromatic nitrogens is 1. The van der Waals surface area contributed by atoms with E-state index in [9.17, 15) is 4.39 Å². The third kappa shape index (κ3) is 3.40. The fourth-order valence-electron chi connectivity index (χ4n) is 4.13. The van der Waals surface area contributed by atoms with Gasteiger partial charge >= 0.3 is 0 Å². The summed E-state index contributed by atoms with van der Waals surface area (Å²) in [5, 5.41) is 3.71. The Kier molecular flexibility index (Phi) is 4.67. The summed E-state index contributed by atoms with van der Waals surface area (Å²) in [6.45, 7) is 3.56. The molecular formula is C20H26FN3. The summed E-state index contributed by atoms with van der Waals surface area (Å²) in [5.41, 5.74) is 2.42. The first kappa shape index (κ1) is 15.9. The van der Waals surface area contributed by atoms with Crippen LogP contribution in [0, 0.1) is 5.82 Å². The molecule has 2 fully saturated rings. The Morgan fingerprint density at radius 2 is 1.79 bits per heavy atom. The largest absolute Gasteiger partial charge is 0.324 e. The molecule has 2 aliphatic rings. The molecule has 0 amide bonds. The molecule has 0 saturated carbocycles. The molecule has 0 bridgehead atoms. The number of benzene rings is 1. The van der Waals surface area contributed by atoms with Gasteiger partial charge in [-0.05, 0) is 87.1 Å². The van der Waals surface area contributed by atoms with E-state index in [-0.39, 0.29) is 5.82 Å². The van der Waals surface area contributed by atoms with Crippen molar-refractivity contribution in [2.24, 2.45) is 0 Å². The van der Waals surface area contributed by atoms with Gasteiger partial charge in [0.05, 0.1) is 6.17 Å². The average Bonchev–Trinajstić information content (AvgIpc) is 3.13. The van der Waals surface area contributed by atoms with Crippen molar-refractivity contribution < 1.29 is 4.39 Å². The molecule has 0 aliphatic carbocycles. The molecule has 0 radical (unpaired) electrons. The Bertz CT molecular complexity index is 658. The van der Waals surface area contributed by atoms with Crippen LogP contribution in [-0.2, 0) is 0 Å². The number of halogens is 1. The summed E-state index contributed by atoms with van der Waals surface area (Å²) in [6, 6.07) is 8.93. The van der Waals surface area contributed by atoms with Gasteiger partial charge in [-0.15, -0.1) is 0 Å². The van der Waals surface area contributed by atoms with Crippen LogP contribution >= 0.6 is 0 Å². The SMILES string of the molecule is Fc1ccc(-n2ccc(C3CCN[C@H](N4CCCCC4)C3)c2)cc1. The highest BCUT2D eigenvalue weighted by Crippen LogP contribution is 2.30. The average molecular weight is 327 g/mol. The highest BCUT2D eigenvalue weighted by atomic mass is 19.1. The van der Waals surface area contributed by atoms with E-state index in [0.29, 0.717) is 12.1 Å². The molecule has 128 valence electrons. The summed E-state index contributed by atoms with van der Waals surface area (Å²) >= 11 is 0. The van der Waals surface area contributed by atoms with Crippen molar-refractivity contribution in [1.29, 1.82) is 0 Å². The molecule has 24 heavy (non-hydrogen) atoms. The van der Waals surface area contributed by atoms with Crippen molar-refractivity contribution in [3.8, 4) is 5.69 Å². The van der Waals surface area contributed by atoms with E-state index in [1.165, 1.54) is 62.9 Å². The lowest BCUT2D eigenvalue weighted by Gasteiger charge is -2.40. The number of piperidine rings is 2. The molecule has 2 saturated heterocycles. The van der Waals surface area contributed by atoms with Crippen molar-refractivity contribution >= 4 is 0 Å². The second kappa shape index (κ2) is 7.08. The van der Waals surface area contributed by atoms with Crippen molar-refractivity contribution in [2.45, 2.75) is 44.2 Å². The highest BCUT2D eigenvalue weighted by Gasteiger charge is 2.28. The number of nitrogens with zero attached hydrogens (tertiary/aromatic N) is 2. The number of rotatable bonds is 3. The maximum atomic E-state index is 13.1. The van der Waals surface area contributed by atoms with Crippen molar-refractivity contribution in [3.05, 3.63) is 54.1 Å². The van der Waals surface area contributed by atoms with Gasteiger partial charge in [-0.25, -0.2) is 4.39 Å². The fraction of sp³-hybridized carbons (Fsp3) is 0.500. The molecule has 2 atom stereocenters. The van der Waals surface area contributed by atoms with Crippen LogP contribution < -0.4 is 5.32 Å². The molecule has 1 aromatic carbocycles. The Morgan fingerprint density at radius 3 is 2.58 bits per heavy atom. The van der Waals surface area contributed by atoms with Gasteiger partial charge in [0.1, 0.15) is 5.82 Å². The lowest BCUT2D eigenvalue weighted by atomic mass is 9.89. The van der Waals surface area contributed by atoms with E-state index in [4.69, 9.17) is 0 Å². The first-order valence-electron chi connectivity index (χ1n) is 9.21. The van der Waals surface area contributed by atoms with Crippen LogP contribution in [0.3, 0.4) is 0 Å². The predicted octanol–water partition coefficient (Wildman–Crippen LogP) is 3.90. The highest BCUT2D eigenvalue weighted by molar-refractivity contribution is 5.34. The van der Waals surface area contributed by atoms with Gasteiger partial charge in [0, 0.05) is 18.1 Å². The van der Waals surface area contributed by atoms with Crippen LogP contribution in [0.15, 0.2) is 42.7 Å². The first-order valence-corrected chi connectivity index (χ1v) is 9.21. The molecule has 1 unspecified atom stereocenters. The minimum absolute atomic E-state index is 0.186. The summed E-state index contributed by atoms with van der Waals surface area (Å²) in [7, 11) is 0. The van der Waals surface area contributed by atoms with E-state index in [1.807, 2.05) is 12.1 Å². The zero-order valence-electron chi connectivity index (χ0n) is 14.1. The van der Waals surface area contributed by atoms with Gasteiger partial charge in [-0.3, -0.25) is 4.90 Å². The number of hydrogen-bond acceptors (Lipinski definition) is 2. The summed E-state index contributed by atoms with van der Waals surface area (Å²) < 4.78 is 15.2.